The van der Waals surface area contributed by atoms with Crippen molar-refractivity contribution in [3.63, 3.8) is 0 Å². The molecule has 0 aliphatic heterocycles. The van der Waals surface area contributed by atoms with Gasteiger partial charge in [-0.25, -0.2) is 0 Å². The highest BCUT2D eigenvalue weighted by Crippen LogP contribution is 2.23. The lowest BCUT2D eigenvalue weighted by atomic mass is 9.86. The number of halogens is 1. The molecule has 1 N–H and O–H groups in total. The number of amides is 1. The third-order valence-electron chi connectivity index (χ3n) is 4.19. The number of esters is 1. The van der Waals surface area contributed by atoms with Crippen molar-refractivity contribution in [1.29, 1.82) is 0 Å². The number of hydrogen-bond acceptors (Lipinski definition) is 4. The summed E-state index contributed by atoms with van der Waals surface area (Å²) in [4.78, 5) is 23.5. The van der Waals surface area contributed by atoms with Gasteiger partial charge in [0.2, 0.25) is 0 Å². The Morgan fingerprint density at radius 3 is 2.83 bits per heavy atom. The third-order valence-corrected chi connectivity index (χ3v) is 4.69. The van der Waals surface area contributed by atoms with Gasteiger partial charge in [0.15, 0.2) is 6.61 Å². The molecule has 1 aromatic carbocycles. The predicted octanol–water partition coefficient (Wildman–Crippen LogP) is 3.46. The van der Waals surface area contributed by atoms with Crippen molar-refractivity contribution in [3.8, 4) is 5.75 Å². The van der Waals surface area contributed by atoms with Crippen molar-refractivity contribution in [2.75, 3.05) is 13.2 Å². The van der Waals surface area contributed by atoms with Crippen LogP contribution in [0, 0.1) is 5.92 Å². The fourth-order valence-electron chi connectivity index (χ4n) is 2.81. The van der Waals surface area contributed by atoms with Crippen LogP contribution in [0.4, 0.5) is 0 Å². The summed E-state index contributed by atoms with van der Waals surface area (Å²) in [5.41, 5.74) is 0. The van der Waals surface area contributed by atoms with Crippen LogP contribution in [0.3, 0.4) is 0 Å². The number of carbonyl (C=O) groups is 2. The van der Waals surface area contributed by atoms with Crippen LogP contribution in [0.5, 0.6) is 5.75 Å². The molecule has 1 aliphatic carbocycles. The number of rotatable bonds is 7. The van der Waals surface area contributed by atoms with E-state index in [1.54, 1.807) is 0 Å². The number of hydrogen-bond donors (Lipinski definition) is 1. The van der Waals surface area contributed by atoms with E-state index in [0.717, 1.165) is 23.7 Å². The molecule has 2 atom stereocenters. The van der Waals surface area contributed by atoms with Gasteiger partial charge in [0.1, 0.15) is 5.75 Å². The fourth-order valence-corrected chi connectivity index (χ4v) is 3.18. The van der Waals surface area contributed by atoms with Crippen molar-refractivity contribution in [2.45, 2.75) is 45.1 Å². The average molecular weight is 398 g/mol. The molecule has 0 unspecified atom stereocenters. The minimum Gasteiger partial charge on any atom is -0.493 e. The molecule has 1 aliphatic rings. The van der Waals surface area contributed by atoms with Gasteiger partial charge < -0.3 is 14.8 Å². The Labute approximate surface area is 151 Å². The first-order chi connectivity index (χ1) is 11.5. The van der Waals surface area contributed by atoms with Gasteiger partial charge in [0.05, 0.1) is 13.0 Å². The third kappa shape index (κ3) is 6.51. The molecule has 0 spiro atoms. The molecule has 0 radical (unpaired) electrons. The maximum absolute atomic E-state index is 11.9. The molecule has 1 fully saturated rings. The molecule has 2 rings (SSSR count). The Balaban J connectivity index is 1.61. The molecule has 5 nitrogen and oxygen atoms in total. The second-order valence-electron chi connectivity index (χ2n) is 6.15. The summed E-state index contributed by atoms with van der Waals surface area (Å²) >= 11 is 3.35. The van der Waals surface area contributed by atoms with Gasteiger partial charge in [-0.2, -0.15) is 0 Å². The van der Waals surface area contributed by atoms with Gasteiger partial charge in [-0.3, -0.25) is 9.59 Å². The molecule has 132 valence electrons. The van der Waals surface area contributed by atoms with Gasteiger partial charge >= 0.3 is 5.97 Å². The van der Waals surface area contributed by atoms with Gasteiger partial charge in [-0.15, -0.1) is 0 Å². The molecule has 24 heavy (non-hydrogen) atoms. The monoisotopic (exact) mass is 397 g/mol. The normalized spacial score (nSPS) is 20.2. The standard InChI is InChI=1S/C18H24BrNO4/c1-13-5-2-3-8-16(13)20-17(21)12-24-18(22)9-10-23-15-7-4-6-14(19)11-15/h4,6-7,11,13,16H,2-3,5,8-10,12H2,1H3,(H,20,21)/t13-,16+/m1/s1. The summed E-state index contributed by atoms with van der Waals surface area (Å²) in [5, 5.41) is 2.96. The number of nitrogens with one attached hydrogen (secondary N) is 1. The molecule has 1 amide bonds. The van der Waals surface area contributed by atoms with E-state index in [1.165, 1.54) is 6.42 Å². The average Bonchev–Trinajstić information content (AvgIpc) is 2.55. The minimum absolute atomic E-state index is 0.111. The lowest BCUT2D eigenvalue weighted by molar-refractivity contribution is -0.149. The number of ether oxygens (including phenoxy) is 2. The van der Waals surface area contributed by atoms with Crippen LogP contribution in [0.1, 0.15) is 39.0 Å². The first-order valence-electron chi connectivity index (χ1n) is 8.38. The summed E-state index contributed by atoms with van der Waals surface area (Å²) in [6, 6.07) is 7.59. The molecule has 1 aromatic rings. The quantitative estimate of drug-likeness (QED) is 0.715. The molecule has 0 saturated heterocycles. The number of benzene rings is 1. The molecule has 0 bridgehead atoms. The van der Waals surface area contributed by atoms with Crippen LogP contribution in [0.25, 0.3) is 0 Å². The first-order valence-corrected chi connectivity index (χ1v) is 9.17. The largest absolute Gasteiger partial charge is 0.493 e. The van der Waals surface area contributed by atoms with Gasteiger partial charge in [-0.1, -0.05) is 41.8 Å². The molecular weight excluding hydrogens is 374 g/mol. The van der Waals surface area contributed by atoms with E-state index in [1.807, 2.05) is 24.3 Å². The van der Waals surface area contributed by atoms with Crippen LogP contribution in [-0.2, 0) is 14.3 Å². The SMILES string of the molecule is C[C@@H]1CCCC[C@@H]1NC(=O)COC(=O)CCOc1cccc(Br)c1. The molecule has 0 heterocycles. The van der Waals surface area contributed by atoms with E-state index >= 15 is 0 Å². The maximum Gasteiger partial charge on any atom is 0.309 e. The van der Waals surface area contributed by atoms with E-state index in [-0.39, 0.29) is 31.6 Å². The summed E-state index contributed by atoms with van der Waals surface area (Å²) in [5.74, 6) is 0.505. The van der Waals surface area contributed by atoms with E-state index in [2.05, 4.69) is 28.2 Å². The highest BCUT2D eigenvalue weighted by molar-refractivity contribution is 9.10. The van der Waals surface area contributed by atoms with E-state index in [4.69, 9.17) is 9.47 Å². The zero-order valence-corrected chi connectivity index (χ0v) is 15.5. The van der Waals surface area contributed by atoms with Crippen molar-refractivity contribution in [2.24, 2.45) is 5.92 Å². The second-order valence-corrected chi connectivity index (χ2v) is 7.07. The summed E-state index contributed by atoms with van der Waals surface area (Å²) in [7, 11) is 0. The second kappa shape index (κ2) is 9.67. The van der Waals surface area contributed by atoms with E-state index in [9.17, 15) is 9.59 Å². The van der Waals surface area contributed by atoms with E-state index in [0.29, 0.717) is 11.7 Å². The van der Waals surface area contributed by atoms with Crippen LogP contribution in [-0.4, -0.2) is 31.1 Å². The molecule has 0 aromatic heterocycles. The van der Waals surface area contributed by atoms with E-state index < -0.39 is 5.97 Å². The topological polar surface area (TPSA) is 64.6 Å². The highest BCUT2D eigenvalue weighted by atomic mass is 79.9. The molecular formula is C18H24BrNO4. The van der Waals surface area contributed by atoms with Crippen molar-refractivity contribution < 1.29 is 19.1 Å². The minimum atomic E-state index is -0.433. The maximum atomic E-state index is 11.9. The lowest BCUT2D eigenvalue weighted by Crippen LogP contribution is -2.42. The Hall–Kier alpha value is -1.56. The molecule has 1 saturated carbocycles. The summed E-state index contributed by atoms with van der Waals surface area (Å²) in [6.07, 6.45) is 4.61. The first kappa shape index (κ1) is 18.8. The Morgan fingerprint density at radius 1 is 1.29 bits per heavy atom. The van der Waals surface area contributed by atoms with Gasteiger partial charge in [0, 0.05) is 10.5 Å². The molecule has 6 heteroatoms. The smallest absolute Gasteiger partial charge is 0.309 e. The number of carbonyl (C=O) groups excluding carboxylic acids is 2. The lowest BCUT2D eigenvalue weighted by Gasteiger charge is -2.29. The highest BCUT2D eigenvalue weighted by Gasteiger charge is 2.23. The van der Waals surface area contributed by atoms with Gasteiger partial charge in [-0.05, 0) is 37.0 Å². The van der Waals surface area contributed by atoms with Crippen LogP contribution >= 0.6 is 15.9 Å². The zero-order valence-electron chi connectivity index (χ0n) is 13.9. The summed E-state index contributed by atoms with van der Waals surface area (Å²) < 4.78 is 11.4. The van der Waals surface area contributed by atoms with Crippen molar-refractivity contribution >= 4 is 27.8 Å². The van der Waals surface area contributed by atoms with Crippen molar-refractivity contribution in [3.05, 3.63) is 28.7 Å². The van der Waals surface area contributed by atoms with Gasteiger partial charge in [0.25, 0.3) is 5.91 Å². The Kier molecular flexibility index (Phi) is 7.56. The van der Waals surface area contributed by atoms with Crippen molar-refractivity contribution in [1.82, 2.24) is 5.32 Å². The zero-order chi connectivity index (χ0) is 17.4. The Morgan fingerprint density at radius 2 is 2.08 bits per heavy atom. The van der Waals surface area contributed by atoms with Crippen LogP contribution < -0.4 is 10.1 Å². The van der Waals surface area contributed by atoms with Crippen LogP contribution in [0.15, 0.2) is 28.7 Å². The predicted molar refractivity (Wildman–Crippen MR) is 94.8 cm³/mol. The fraction of sp³-hybridized carbons (Fsp3) is 0.556. The summed E-state index contributed by atoms with van der Waals surface area (Å²) in [6.45, 7) is 2.14. The Bertz CT molecular complexity index is 564. The van der Waals surface area contributed by atoms with Crippen LogP contribution in [0.2, 0.25) is 0 Å².